The summed E-state index contributed by atoms with van der Waals surface area (Å²) in [5, 5.41) is 23.7. The molecule has 1 aliphatic heterocycles. The number of fused-ring (bicyclic) bond motifs is 3. The van der Waals surface area contributed by atoms with Crippen molar-refractivity contribution in [3.8, 4) is 23.3 Å². The van der Waals surface area contributed by atoms with Crippen LogP contribution in [0.4, 0.5) is 0 Å². The number of aliphatic hydroxyl groups is 1. The number of benzene rings is 2. The second kappa shape index (κ2) is 8.80. The standard InChI is InChI=1S/C24H19Cl2N5O5/c1-24(2)10-35-18(9-32)20-19(24)13-7-12(3-4-16(13)28-20)36-21-14(25)5-11(6-15(21)26)31-23(34)29-22(33)17(8-27)30-31/h3-7,18,28,32H,9-10H2,1-2H3,(H,29,33,34). The van der Waals surface area contributed by atoms with Gasteiger partial charge in [0.25, 0.3) is 5.56 Å². The lowest BCUT2D eigenvalue weighted by Crippen LogP contribution is -2.33. The van der Waals surface area contributed by atoms with Crippen molar-refractivity contribution in [2.75, 3.05) is 13.2 Å². The summed E-state index contributed by atoms with van der Waals surface area (Å²) < 4.78 is 12.7. The molecular weight excluding hydrogens is 509 g/mol. The Morgan fingerprint density at radius 1 is 1.25 bits per heavy atom. The first kappa shape index (κ1) is 24.1. The average molecular weight is 528 g/mol. The van der Waals surface area contributed by atoms with Crippen molar-refractivity contribution < 1.29 is 14.6 Å². The van der Waals surface area contributed by atoms with Crippen LogP contribution in [0.1, 0.15) is 36.9 Å². The first-order valence-corrected chi connectivity index (χ1v) is 11.6. The zero-order chi connectivity index (χ0) is 25.8. The van der Waals surface area contributed by atoms with E-state index in [9.17, 15) is 14.7 Å². The van der Waals surface area contributed by atoms with Crippen LogP contribution in [0.25, 0.3) is 16.6 Å². The van der Waals surface area contributed by atoms with Crippen molar-refractivity contribution >= 4 is 34.1 Å². The fourth-order valence-electron chi connectivity index (χ4n) is 4.37. The number of nitriles is 1. The zero-order valence-corrected chi connectivity index (χ0v) is 20.6. The Kier molecular flexibility index (Phi) is 5.89. The van der Waals surface area contributed by atoms with Gasteiger partial charge in [-0.15, -0.1) is 5.10 Å². The number of aromatic amines is 2. The smallest absolute Gasteiger partial charge is 0.349 e. The molecule has 0 saturated carbocycles. The monoisotopic (exact) mass is 527 g/mol. The molecule has 0 amide bonds. The summed E-state index contributed by atoms with van der Waals surface area (Å²) in [7, 11) is 0. The van der Waals surface area contributed by atoms with E-state index < -0.39 is 23.0 Å². The lowest BCUT2D eigenvalue weighted by Gasteiger charge is -2.34. The number of aliphatic hydroxyl groups excluding tert-OH is 1. The van der Waals surface area contributed by atoms with Gasteiger partial charge in [-0.1, -0.05) is 37.0 Å². The van der Waals surface area contributed by atoms with Crippen LogP contribution in [0.15, 0.2) is 39.9 Å². The largest absolute Gasteiger partial charge is 0.454 e. The summed E-state index contributed by atoms with van der Waals surface area (Å²) in [6.07, 6.45) is -0.437. The highest BCUT2D eigenvalue weighted by Gasteiger charge is 2.36. The first-order valence-electron chi connectivity index (χ1n) is 10.8. The van der Waals surface area contributed by atoms with Gasteiger partial charge >= 0.3 is 5.69 Å². The molecule has 1 unspecified atom stereocenters. The van der Waals surface area contributed by atoms with Gasteiger partial charge in [0.05, 0.1) is 34.6 Å². The number of nitrogens with one attached hydrogen (secondary N) is 2. The second-order valence-electron chi connectivity index (χ2n) is 8.96. The number of H-pyrrole nitrogens is 2. The SMILES string of the molecule is CC1(C)COC(CO)c2[nH]c3ccc(Oc4c(Cl)cc(-n5nc(C#N)c(=O)[nH]c5=O)cc4Cl)cc3c21. The Morgan fingerprint density at radius 2 is 1.97 bits per heavy atom. The molecule has 184 valence electrons. The van der Waals surface area contributed by atoms with Crippen LogP contribution < -0.4 is 16.0 Å². The molecule has 0 radical (unpaired) electrons. The fourth-order valence-corrected chi connectivity index (χ4v) is 4.92. The minimum Gasteiger partial charge on any atom is -0.454 e. The van der Waals surface area contributed by atoms with Gasteiger partial charge in [-0.05, 0) is 35.9 Å². The highest BCUT2D eigenvalue weighted by Crippen LogP contribution is 2.44. The maximum atomic E-state index is 12.2. The van der Waals surface area contributed by atoms with E-state index in [2.05, 4.69) is 23.9 Å². The van der Waals surface area contributed by atoms with Crippen LogP contribution in [0.5, 0.6) is 11.5 Å². The van der Waals surface area contributed by atoms with Crippen molar-refractivity contribution in [1.29, 1.82) is 5.26 Å². The minimum atomic E-state index is -0.890. The van der Waals surface area contributed by atoms with Crippen LogP contribution in [0.3, 0.4) is 0 Å². The molecule has 0 fully saturated rings. The van der Waals surface area contributed by atoms with Crippen molar-refractivity contribution in [1.82, 2.24) is 19.7 Å². The number of nitrogens with zero attached hydrogens (tertiary/aromatic N) is 3. The summed E-state index contributed by atoms with van der Waals surface area (Å²) in [4.78, 5) is 29.2. The van der Waals surface area contributed by atoms with Gasteiger partial charge in [0.1, 0.15) is 17.9 Å². The molecule has 2 aromatic carbocycles. The fraction of sp³-hybridized carbons (Fsp3) is 0.250. The van der Waals surface area contributed by atoms with E-state index >= 15 is 0 Å². The second-order valence-corrected chi connectivity index (χ2v) is 9.77. The van der Waals surface area contributed by atoms with Crippen LogP contribution in [0.2, 0.25) is 10.0 Å². The molecule has 5 rings (SSSR count). The van der Waals surface area contributed by atoms with E-state index in [1.165, 1.54) is 12.1 Å². The lowest BCUT2D eigenvalue weighted by atomic mass is 9.80. The number of rotatable bonds is 4. The Morgan fingerprint density at radius 3 is 2.64 bits per heavy atom. The quantitative estimate of drug-likeness (QED) is 0.366. The molecule has 0 bridgehead atoms. The van der Waals surface area contributed by atoms with Crippen LogP contribution in [0, 0.1) is 11.3 Å². The molecule has 10 nitrogen and oxygen atoms in total. The topological polar surface area (TPSA) is 146 Å². The van der Waals surface area contributed by atoms with E-state index in [0.29, 0.717) is 12.4 Å². The molecule has 12 heteroatoms. The van der Waals surface area contributed by atoms with Crippen LogP contribution in [-0.4, -0.2) is 38.1 Å². The van der Waals surface area contributed by atoms with E-state index in [1.807, 2.05) is 17.1 Å². The summed E-state index contributed by atoms with van der Waals surface area (Å²) in [6, 6.07) is 9.87. The number of hydrogen-bond acceptors (Lipinski definition) is 7. The molecule has 1 aliphatic rings. The van der Waals surface area contributed by atoms with E-state index in [4.69, 9.17) is 37.9 Å². The maximum Gasteiger partial charge on any atom is 0.349 e. The predicted molar refractivity (Wildman–Crippen MR) is 132 cm³/mol. The lowest BCUT2D eigenvalue weighted by molar-refractivity contribution is -0.0255. The predicted octanol–water partition coefficient (Wildman–Crippen LogP) is 3.71. The number of ether oxygens (including phenoxy) is 2. The van der Waals surface area contributed by atoms with Crippen LogP contribution >= 0.6 is 23.2 Å². The van der Waals surface area contributed by atoms with Crippen molar-refractivity contribution in [2.45, 2.75) is 25.4 Å². The minimum absolute atomic E-state index is 0.0844. The highest BCUT2D eigenvalue weighted by molar-refractivity contribution is 6.37. The molecule has 0 saturated heterocycles. The van der Waals surface area contributed by atoms with E-state index in [0.717, 1.165) is 26.8 Å². The third kappa shape index (κ3) is 3.96. The molecular formula is C24H19Cl2N5O5. The summed E-state index contributed by atoms with van der Waals surface area (Å²) in [6.45, 7) is 4.45. The van der Waals surface area contributed by atoms with Gasteiger partial charge < -0.3 is 19.6 Å². The Bertz CT molecular complexity index is 1660. The zero-order valence-electron chi connectivity index (χ0n) is 19.1. The average Bonchev–Trinajstić information content (AvgIpc) is 3.22. The molecule has 0 aliphatic carbocycles. The molecule has 2 aromatic heterocycles. The Balaban J connectivity index is 1.55. The van der Waals surface area contributed by atoms with Gasteiger partial charge in [-0.3, -0.25) is 9.78 Å². The van der Waals surface area contributed by atoms with Crippen molar-refractivity contribution in [3.05, 3.63) is 78.2 Å². The van der Waals surface area contributed by atoms with E-state index in [1.54, 1.807) is 12.1 Å². The summed E-state index contributed by atoms with van der Waals surface area (Å²) in [5.41, 5.74) is 0.356. The normalized spacial score (nSPS) is 16.5. The molecule has 1 atom stereocenters. The molecule has 36 heavy (non-hydrogen) atoms. The summed E-state index contributed by atoms with van der Waals surface area (Å²) in [5.74, 6) is 0.620. The molecule has 0 spiro atoms. The van der Waals surface area contributed by atoms with Gasteiger partial charge in [0.2, 0.25) is 5.69 Å². The maximum absolute atomic E-state index is 12.2. The first-order chi connectivity index (χ1) is 17.1. The van der Waals surface area contributed by atoms with Crippen LogP contribution in [-0.2, 0) is 10.2 Å². The van der Waals surface area contributed by atoms with Gasteiger partial charge in [0.15, 0.2) is 5.75 Å². The molecule has 4 aromatic rings. The van der Waals surface area contributed by atoms with Gasteiger partial charge in [-0.25, -0.2) is 4.79 Å². The van der Waals surface area contributed by atoms with Gasteiger partial charge in [-0.2, -0.15) is 9.94 Å². The highest BCUT2D eigenvalue weighted by atomic mass is 35.5. The third-order valence-corrected chi connectivity index (χ3v) is 6.55. The summed E-state index contributed by atoms with van der Waals surface area (Å²) >= 11 is 12.9. The number of halogens is 2. The van der Waals surface area contributed by atoms with Crippen molar-refractivity contribution in [2.24, 2.45) is 0 Å². The van der Waals surface area contributed by atoms with E-state index in [-0.39, 0.29) is 33.5 Å². The molecule has 3 N–H and O–H groups in total. The number of aromatic nitrogens is 4. The Hall–Kier alpha value is -3.62. The molecule has 3 heterocycles. The number of hydrogen-bond donors (Lipinski definition) is 3. The van der Waals surface area contributed by atoms with Gasteiger partial charge in [0, 0.05) is 16.3 Å². The van der Waals surface area contributed by atoms with Crippen molar-refractivity contribution in [3.63, 3.8) is 0 Å². The third-order valence-electron chi connectivity index (χ3n) is 5.99. The Labute approximate surface area is 213 Å².